The number of H-pyrrole nitrogens is 1. The lowest BCUT2D eigenvalue weighted by atomic mass is 10.2. The molecule has 0 radical (unpaired) electrons. The van der Waals surface area contributed by atoms with Crippen LogP contribution in [0, 0.1) is 5.92 Å². The summed E-state index contributed by atoms with van der Waals surface area (Å²) in [6.07, 6.45) is 3.26. The first-order valence-electron chi connectivity index (χ1n) is 5.75. The predicted octanol–water partition coefficient (Wildman–Crippen LogP) is -0.770. The van der Waals surface area contributed by atoms with Crippen molar-refractivity contribution in [1.29, 1.82) is 0 Å². The van der Waals surface area contributed by atoms with Crippen molar-refractivity contribution in [2.75, 3.05) is 25.5 Å². The number of nitrogens with one attached hydrogen (secondary N) is 2. The Morgan fingerprint density at radius 3 is 2.83 bits per heavy atom. The molecule has 0 aliphatic rings. The monoisotopic (exact) mass is 251 g/mol. The van der Waals surface area contributed by atoms with Crippen molar-refractivity contribution in [2.24, 2.45) is 5.92 Å². The van der Waals surface area contributed by atoms with E-state index in [1.165, 1.54) is 6.33 Å². The fourth-order valence-electron chi connectivity index (χ4n) is 1.75. The summed E-state index contributed by atoms with van der Waals surface area (Å²) in [5, 5.41) is 21.1. The van der Waals surface area contributed by atoms with Crippen molar-refractivity contribution < 1.29 is 10.2 Å². The first-order chi connectivity index (χ1) is 8.76. The van der Waals surface area contributed by atoms with E-state index in [-0.39, 0.29) is 19.1 Å². The van der Waals surface area contributed by atoms with Crippen LogP contribution in [0.3, 0.4) is 0 Å². The van der Waals surface area contributed by atoms with Crippen molar-refractivity contribution >= 4 is 16.9 Å². The van der Waals surface area contributed by atoms with Gasteiger partial charge in [-0.05, 0) is 0 Å². The molecule has 0 unspecified atom stereocenters. The van der Waals surface area contributed by atoms with E-state index < -0.39 is 0 Å². The summed E-state index contributed by atoms with van der Waals surface area (Å²) >= 11 is 0. The Labute approximate surface area is 104 Å². The topological polar surface area (TPSA) is 120 Å². The number of nitrogens with zero attached hydrogens (tertiary/aromatic N) is 2. The number of aliphatic hydroxyl groups is 2. The molecule has 0 amide bonds. The van der Waals surface area contributed by atoms with Gasteiger partial charge in [-0.25, -0.2) is 9.97 Å². The fourth-order valence-corrected chi connectivity index (χ4v) is 1.75. The van der Waals surface area contributed by atoms with Crippen LogP contribution >= 0.6 is 0 Å². The average molecular weight is 251 g/mol. The molecule has 0 saturated heterocycles. The van der Waals surface area contributed by atoms with Crippen LogP contribution in [0.5, 0.6) is 0 Å². The Morgan fingerprint density at radius 1 is 1.33 bits per heavy atom. The molecule has 2 rings (SSSR count). The molecule has 0 bridgehead atoms. The maximum atomic E-state index is 8.95. The first kappa shape index (κ1) is 12.7. The van der Waals surface area contributed by atoms with Gasteiger partial charge in [0.1, 0.15) is 11.8 Å². The van der Waals surface area contributed by atoms with Gasteiger partial charge in [0.2, 0.25) is 0 Å². The quantitative estimate of drug-likeness (QED) is 0.460. The standard InChI is InChI=1S/C11H17N5O2/c12-11-10-9(15-6-16-11)8(3-14-10)2-13-1-7(4-17)5-18/h3,6-7,13-14,17-18H,1-2,4-5H2,(H2,12,15,16). The van der Waals surface area contributed by atoms with E-state index in [1.807, 2.05) is 6.20 Å². The molecule has 2 aromatic rings. The highest BCUT2D eigenvalue weighted by Crippen LogP contribution is 2.18. The Morgan fingerprint density at radius 2 is 2.11 bits per heavy atom. The summed E-state index contributed by atoms with van der Waals surface area (Å²) in [6, 6.07) is 0. The van der Waals surface area contributed by atoms with Crippen LogP contribution in [0.15, 0.2) is 12.5 Å². The minimum atomic E-state index is -0.144. The number of rotatable bonds is 6. The first-order valence-corrected chi connectivity index (χ1v) is 5.75. The van der Waals surface area contributed by atoms with E-state index >= 15 is 0 Å². The molecule has 6 N–H and O–H groups in total. The van der Waals surface area contributed by atoms with Gasteiger partial charge in [0.05, 0.1) is 5.52 Å². The zero-order valence-electron chi connectivity index (χ0n) is 9.93. The molecule has 0 fully saturated rings. The van der Waals surface area contributed by atoms with Gasteiger partial charge in [-0.3, -0.25) is 0 Å². The summed E-state index contributed by atoms with van der Waals surface area (Å²) in [7, 11) is 0. The molecule has 0 aliphatic carbocycles. The number of anilines is 1. The van der Waals surface area contributed by atoms with Crippen LogP contribution < -0.4 is 11.1 Å². The SMILES string of the molecule is Nc1ncnc2c(CNCC(CO)CO)c[nH]c12. The molecule has 0 aromatic carbocycles. The summed E-state index contributed by atoms with van der Waals surface area (Å²) in [5.41, 5.74) is 8.22. The zero-order chi connectivity index (χ0) is 13.0. The maximum absolute atomic E-state index is 8.95. The van der Waals surface area contributed by atoms with Crippen LogP contribution in [0.25, 0.3) is 11.0 Å². The van der Waals surface area contributed by atoms with Crippen molar-refractivity contribution in [2.45, 2.75) is 6.54 Å². The van der Waals surface area contributed by atoms with Gasteiger partial charge < -0.3 is 26.2 Å². The molecule has 98 valence electrons. The molecule has 2 heterocycles. The van der Waals surface area contributed by atoms with E-state index in [0.717, 1.165) is 16.6 Å². The molecule has 18 heavy (non-hydrogen) atoms. The van der Waals surface area contributed by atoms with Gasteiger partial charge in [-0.1, -0.05) is 0 Å². The van der Waals surface area contributed by atoms with E-state index in [9.17, 15) is 0 Å². The summed E-state index contributed by atoms with van der Waals surface area (Å²) in [4.78, 5) is 11.1. The smallest absolute Gasteiger partial charge is 0.151 e. The van der Waals surface area contributed by atoms with Gasteiger partial charge in [0, 0.05) is 44.0 Å². The average Bonchev–Trinajstić information content (AvgIpc) is 2.80. The number of hydrogen-bond donors (Lipinski definition) is 5. The van der Waals surface area contributed by atoms with Gasteiger partial charge in [-0.15, -0.1) is 0 Å². The van der Waals surface area contributed by atoms with E-state index in [4.69, 9.17) is 15.9 Å². The number of aromatic nitrogens is 3. The molecular weight excluding hydrogens is 234 g/mol. The Hall–Kier alpha value is -1.70. The lowest BCUT2D eigenvalue weighted by Crippen LogP contribution is -2.27. The summed E-state index contributed by atoms with van der Waals surface area (Å²) < 4.78 is 0. The lowest BCUT2D eigenvalue weighted by molar-refractivity contribution is 0.148. The maximum Gasteiger partial charge on any atom is 0.151 e. The van der Waals surface area contributed by atoms with Crippen LogP contribution in [0.1, 0.15) is 5.56 Å². The van der Waals surface area contributed by atoms with Crippen molar-refractivity contribution in [3.05, 3.63) is 18.1 Å². The highest BCUT2D eigenvalue weighted by molar-refractivity contribution is 5.86. The molecule has 0 saturated carbocycles. The van der Waals surface area contributed by atoms with E-state index in [2.05, 4.69) is 20.3 Å². The third-order valence-electron chi connectivity index (χ3n) is 2.84. The highest BCUT2D eigenvalue weighted by atomic mass is 16.3. The highest BCUT2D eigenvalue weighted by Gasteiger charge is 2.09. The van der Waals surface area contributed by atoms with Gasteiger partial charge in [-0.2, -0.15) is 0 Å². The number of nitrogens with two attached hydrogens (primary N) is 1. The van der Waals surface area contributed by atoms with E-state index in [0.29, 0.717) is 18.9 Å². The predicted molar refractivity (Wildman–Crippen MR) is 67.7 cm³/mol. The van der Waals surface area contributed by atoms with Crippen LogP contribution in [-0.4, -0.2) is 44.9 Å². The summed E-state index contributed by atoms with van der Waals surface area (Å²) in [6.45, 7) is 1.06. The second-order valence-corrected chi connectivity index (χ2v) is 4.16. The fraction of sp³-hybridized carbons (Fsp3) is 0.455. The van der Waals surface area contributed by atoms with E-state index in [1.54, 1.807) is 0 Å². The normalized spacial score (nSPS) is 11.5. The third kappa shape index (κ3) is 2.58. The second-order valence-electron chi connectivity index (χ2n) is 4.16. The molecular formula is C11H17N5O2. The molecule has 0 atom stereocenters. The Bertz CT molecular complexity index is 509. The van der Waals surface area contributed by atoms with Crippen molar-refractivity contribution in [3.63, 3.8) is 0 Å². The van der Waals surface area contributed by atoms with Gasteiger partial charge in [0.15, 0.2) is 5.82 Å². The number of fused-ring (bicyclic) bond motifs is 1. The largest absolute Gasteiger partial charge is 0.396 e. The summed E-state index contributed by atoms with van der Waals surface area (Å²) in [5.74, 6) is 0.282. The van der Waals surface area contributed by atoms with Gasteiger partial charge in [0.25, 0.3) is 0 Å². The van der Waals surface area contributed by atoms with Crippen LogP contribution in [0.4, 0.5) is 5.82 Å². The van der Waals surface area contributed by atoms with Crippen LogP contribution in [0.2, 0.25) is 0 Å². The van der Waals surface area contributed by atoms with Gasteiger partial charge >= 0.3 is 0 Å². The number of aromatic amines is 1. The van der Waals surface area contributed by atoms with Crippen molar-refractivity contribution in [1.82, 2.24) is 20.3 Å². The number of hydrogen-bond acceptors (Lipinski definition) is 6. The lowest BCUT2D eigenvalue weighted by Gasteiger charge is -2.11. The van der Waals surface area contributed by atoms with Crippen molar-refractivity contribution in [3.8, 4) is 0 Å². The molecule has 0 spiro atoms. The molecule has 7 heteroatoms. The molecule has 0 aliphatic heterocycles. The molecule has 2 aromatic heterocycles. The minimum absolute atomic E-state index is 0.0352. The minimum Gasteiger partial charge on any atom is -0.396 e. The number of aliphatic hydroxyl groups excluding tert-OH is 2. The van der Waals surface area contributed by atoms with Crippen LogP contribution in [-0.2, 0) is 6.54 Å². The molecule has 7 nitrogen and oxygen atoms in total. The number of nitrogen functional groups attached to an aromatic ring is 1. The third-order valence-corrected chi connectivity index (χ3v) is 2.84. The Kier molecular flexibility index (Phi) is 4.08. The Balaban J connectivity index is 2.02. The zero-order valence-corrected chi connectivity index (χ0v) is 9.93. The second kappa shape index (κ2) is 5.76.